The summed E-state index contributed by atoms with van der Waals surface area (Å²) in [5.41, 5.74) is 3.64. The second-order valence-electron chi connectivity index (χ2n) is 9.92. The maximum Gasteiger partial charge on any atom is 0.338 e. The zero-order valence-electron chi connectivity index (χ0n) is 23.6. The van der Waals surface area contributed by atoms with Crippen molar-refractivity contribution >= 4 is 52.3 Å². The fourth-order valence-electron chi connectivity index (χ4n) is 5.05. The third kappa shape index (κ3) is 5.99. The van der Waals surface area contributed by atoms with Crippen LogP contribution in [0, 0.1) is 0 Å². The molecule has 1 aliphatic heterocycles. The fraction of sp³-hybridized carbons (Fsp3) is 0.114. The molecule has 0 spiro atoms. The highest BCUT2D eigenvalue weighted by atomic mass is 35.5. The van der Waals surface area contributed by atoms with Gasteiger partial charge in [-0.25, -0.2) is 9.79 Å². The van der Waals surface area contributed by atoms with Crippen molar-refractivity contribution in [2.45, 2.75) is 19.6 Å². The van der Waals surface area contributed by atoms with Crippen LogP contribution in [-0.2, 0) is 16.1 Å². The number of carbonyl (C=O) groups is 1. The van der Waals surface area contributed by atoms with E-state index in [0.717, 1.165) is 22.3 Å². The van der Waals surface area contributed by atoms with Gasteiger partial charge in [-0.3, -0.25) is 9.36 Å². The smallest absolute Gasteiger partial charge is 0.338 e. The van der Waals surface area contributed by atoms with Crippen LogP contribution in [0.3, 0.4) is 0 Å². The molecule has 6 nitrogen and oxygen atoms in total. The van der Waals surface area contributed by atoms with Gasteiger partial charge in [-0.15, -0.1) is 0 Å². The molecule has 0 unspecified atom stereocenters. The Hall–Kier alpha value is -4.43. The highest BCUT2D eigenvalue weighted by Gasteiger charge is 2.35. The van der Waals surface area contributed by atoms with Crippen LogP contribution in [0.25, 0.3) is 11.8 Å². The summed E-state index contributed by atoms with van der Waals surface area (Å²) in [6.07, 6.45) is 1.80. The first-order valence-electron chi connectivity index (χ1n) is 13.9. The van der Waals surface area contributed by atoms with E-state index in [9.17, 15) is 9.59 Å². The lowest BCUT2D eigenvalue weighted by molar-refractivity contribution is -0.138. The van der Waals surface area contributed by atoms with Gasteiger partial charge in [0.25, 0.3) is 5.56 Å². The van der Waals surface area contributed by atoms with E-state index in [4.69, 9.17) is 37.7 Å². The number of rotatable bonds is 8. The third-order valence-corrected chi connectivity index (χ3v) is 8.79. The van der Waals surface area contributed by atoms with Gasteiger partial charge in [0.15, 0.2) is 4.80 Å². The normalized spacial score (nSPS) is 14.6. The minimum atomic E-state index is -0.731. The van der Waals surface area contributed by atoms with Crippen molar-refractivity contribution in [2.75, 3.05) is 6.61 Å². The molecule has 44 heavy (non-hydrogen) atoms. The van der Waals surface area contributed by atoms with E-state index in [-0.39, 0.29) is 18.8 Å². The van der Waals surface area contributed by atoms with Crippen LogP contribution >= 0.6 is 34.5 Å². The quantitative estimate of drug-likeness (QED) is 0.175. The number of aromatic nitrogens is 1. The van der Waals surface area contributed by atoms with Gasteiger partial charge in [0, 0.05) is 11.1 Å². The molecular formula is C35H26Cl2N2O4S. The molecule has 4 aromatic carbocycles. The first kappa shape index (κ1) is 29.6. The van der Waals surface area contributed by atoms with Crippen molar-refractivity contribution in [1.29, 1.82) is 0 Å². The zero-order chi connectivity index (χ0) is 30.6. The van der Waals surface area contributed by atoms with E-state index in [1.165, 1.54) is 11.3 Å². The van der Waals surface area contributed by atoms with Gasteiger partial charge in [-0.2, -0.15) is 0 Å². The van der Waals surface area contributed by atoms with Crippen LogP contribution in [0.15, 0.2) is 118 Å². The maximum absolute atomic E-state index is 14.2. The maximum atomic E-state index is 14.2. The Morgan fingerprint density at radius 1 is 0.932 bits per heavy atom. The molecule has 0 bridgehead atoms. The molecule has 0 aliphatic carbocycles. The van der Waals surface area contributed by atoms with Gasteiger partial charge < -0.3 is 9.47 Å². The lowest BCUT2D eigenvalue weighted by Gasteiger charge is -2.25. The molecule has 1 aliphatic rings. The predicted molar refractivity (Wildman–Crippen MR) is 175 cm³/mol. The van der Waals surface area contributed by atoms with Gasteiger partial charge in [0.1, 0.15) is 12.4 Å². The Bertz CT molecular complexity index is 2050. The van der Waals surface area contributed by atoms with Gasteiger partial charge in [-0.05, 0) is 42.3 Å². The predicted octanol–water partition coefficient (Wildman–Crippen LogP) is 6.82. The molecule has 0 amide bonds. The van der Waals surface area contributed by atoms with Crippen molar-refractivity contribution in [3.63, 3.8) is 0 Å². The minimum Gasteiger partial charge on any atom is -0.488 e. The van der Waals surface area contributed by atoms with Crippen molar-refractivity contribution < 1.29 is 14.3 Å². The molecule has 2 heterocycles. The molecule has 0 radical (unpaired) electrons. The van der Waals surface area contributed by atoms with Crippen LogP contribution in [0.2, 0.25) is 10.0 Å². The van der Waals surface area contributed by atoms with E-state index in [1.807, 2.05) is 91.0 Å². The number of ether oxygens (including phenoxy) is 2. The van der Waals surface area contributed by atoms with Crippen LogP contribution in [0.5, 0.6) is 5.75 Å². The summed E-state index contributed by atoms with van der Waals surface area (Å²) in [6.45, 7) is 2.21. The van der Waals surface area contributed by atoms with Crippen molar-refractivity contribution in [3.8, 4) is 5.75 Å². The molecule has 0 saturated heterocycles. The lowest BCUT2D eigenvalue weighted by atomic mass is 9.93. The molecule has 5 aromatic rings. The third-order valence-electron chi connectivity index (χ3n) is 7.07. The number of halogens is 2. The van der Waals surface area contributed by atoms with Crippen LogP contribution < -0.4 is 19.6 Å². The number of hydrogen-bond donors (Lipinski definition) is 0. The van der Waals surface area contributed by atoms with E-state index in [1.54, 1.807) is 29.7 Å². The van der Waals surface area contributed by atoms with E-state index in [2.05, 4.69) is 0 Å². The molecule has 6 rings (SSSR count). The van der Waals surface area contributed by atoms with Crippen molar-refractivity contribution in [2.24, 2.45) is 4.99 Å². The largest absolute Gasteiger partial charge is 0.488 e. The van der Waals surface area contributed by atoms with Crippen LogP contribution in [0.4, 0.5) is 0 Å². The Balaban J connectivity index is 1.50. The second-order valence-corrected chi connectivity index (χ2v) is 11.7. The number of carbonyl (C=O) groups excluding carboxylic acids is 1. The molecule has 1 aromatic heterocycles. The molecule has 0 saturated carbocycles. The minimum absolute atomic E-state index is 0.190. The fourth-order valence-corrected chi connectivity index (χ4v) is 6.37. The van der Waals surface area contributed by atoms with Crippen molar-refractivity contribution in [3.05, 3.63) is 161 Å². The monoisotopic (exact) mass is 640 g/mol. The number of benzene rings is 4. The van der Waals surface area contributed by atoms with E-state index >= 15 is 0 Å². The van der Waals surface area contributed by atoms with Gasteiger partial charge >= 0.3 is 5.97 Å². The number of thiazole rings is 1. The van der Waals surface area contributed by atoms with Gasteiger partial charge in [0.2, 0.25) is 0 Å². The highest BCUT2D eigenvalue weighted by Crippen LogP contribution is 2.35. The topological polar surface area (TPSA) is 69.9 Å². The summed E-state index contributed by atoms with van der Waals surface area (Å²) in [6, 6.07) is 31.1. The first-order chi connectivity index (χ1) is 21.4. The molecule has 9 heteroatoms. The summed E-state index contributed by atoms with van der Waals surface area (Å²) in [4.78, 5) is 33.1. The Labute approximate surface area is 267 Å². The number of para-hydroxylation sites is 1. The van der Waals surface area contributed by atoms with Gasteiger partial charge in [-0.1, -0.05) is 119 Å². The summed E-state index contributed by atoms with van der Waals surface area (Å²) < 4.78 is 13.7. The molecular weight excluding hydrogens is 615 g/mol. The number of fused-ring (bicyclic) bond motifs is 1. The number of esters is 1. The zero-order valence-corrected chi connectivity index (χ0v) is 25.9. The summed E-state index contributed by atoms with van der Waals surface area (Å²) >= 11 is 13.5. The van der Waals surface area contributed by atoms with E-state index in [0.29, 0.717) is 36.4 Å². The average Bonchev–Trinajstić information content (AvgIpc) is 3.36. The molecule has 0 fully saturated rings. The number of hydrogen-bond acceptors (Lipinski definition) is 6. The van der Waals surface area contributed by atoms with Crippen LogP contribution in [-0.4, -0.2) is 17.1 Å². The number of nitrogens with zero attached hydrogens (tertiary/aromatic N) is 2. The highest BCUT2D eigenvalue weighted by molar-refractivity contribution is 7.07. The average molecular weight is 642 g/mol. The Morgan fingerprint density at radius 2 is 1.64 bits per heavy atom. The van der Waals surface area contributed by atoms with Crippen molar-refractivity contribution in [1.82, 2.24) is 4.57 Å². The van der Waals surface area contributed by atoms with Crippen LogP contribution in [0.1, 0.15) is 35.2 Å². The first-order valence-corrected chi connectivity index (χ1v) is 15.5. The summed E-state index contributed by atoms with van der Waals surface area (Å²) in [5.74, 6) is 0.0838. The summed E-state index contributed by atoms with van der Waals surface area (Å²) in [7, 11) is 0. The Kier molecular flexibility index (Phi) is 8.79. The SMILES string of the molecule is CCOC(=O)C1=C(c2ccccc2)N=c2s/c(=C\c3ccccc3OCc3ccc(Cl)c(Cl)c3)c(=O)n2[C@H]1c1ccccc1. The lowest BCUT2D eigenvalue weighted by Crippen LogP contribution is -2.40. The standard InChI is InChI=1S/C35H26Cl2N2O4S/c1-2-42-34(41)30-31(23-11-5-3-6-12-23)38-35-39(32(30)24-13-7-4-8-14-24)33(40)29(44-35)20-25-15-9-10-16-28(25)43-21-22-17-18-26(36)27(37)19-22/h3-20,32H,2,21H2,1H3/b29-20-/t32-/m0/s1. The van der Waals surface area contributed by atoms with E-state index < -0.39 is 12.0 Å². The molecule has 1 atom stereocenters. The molecule has 0 N–H and O–H groups in total. The Morgan fingerprint density at radius 3 is 2.36 bits per heavy atom. The second kappa shape index (κ2) is 13.1. The molecule has 220 valence electrons. The van der Waals surface area contributed by atoms with Gasteiger partial charge in [0.05, 0.1) is 38.5 Å². The summed E-state index contributed by atoms with van der Waals surface area (Å²) in [5, 5.41) is 0.925.